The second kappa shape index (κ2) is 10.2. The minimum atomic E-state index is -2.60. The maximum atomic E-state index is 13.3. The number of aliphatic carboxylic acids is 1. The number of thiophene rings is 1. The maximum Gasteiger partial charge on any atom is 0.328 e. The van der Waals surface area contributed by atoms with Gasteiger partial charge in [-0.05, 0) is 58.9 Å². The molecule has 0 unspecified atom stereocenters. The van der Waals surface area contributed by atoms with Crippen molar-refractivity contribution >= 4 is 33.0 Å². The molecule has 0 amide bonds. The zero-order valence-corrected chi connectivity index (χ0v) is 21.5. The Morgan fingerprint density at radius 3 is 2.36 bits per heavy atom. The molecule has 1 aromatic heterocycles. The van der Waals surface area contributed by atoms with Gasteiger partial charge in [-0.25, -0.2) is 13.6 Å². The molecule has 0 aliphatic heterocycles. The number of hydrogen-bond acceptors (Lipinski definition) is 3. The lowest BCUT2D eigenvalue weighted by atomic mass is 9.81. The van der Waals surface area contributed by atoms with Gasteiger partial charge in [0.15, 0.2) is 0 Å². The first-order valence-corrected chi connectivity index (χ1v) is 12.5. The number of alkyl halides is 2. The van der Waals surface area contributed by atoms with Crippen LogP contribution in [-0.2, 0) is 10.2 Å². The summed E-state index contributed by atoms with van der Waals surface area (Å²) < 4.78 is 33.4. The van der Waals surface area contributed by atoms with Crippen LogP contribution in [0.1, 0.15) is 38.1 Å². The van der Waals surface area contributed by atoms with Gasteiger partial charge >= 0.3 is 5.97 Å². The number of carboxylic acids is 1. The summed E-state index contributed by atoms with van der Waals surface area (Å²) >= 11 is 1.50. The zero-order chi connectivity index (χ0) is 26.0. The van der Waals surface area contributed by atoms with Gasteiger partial charge in [0.1, 0.15) is 12.4 Å². The smallest absolute Gasteiger partial charge is 0.328 e. The first-order chi connectivity index (χ1) is 17.0. The van der Waals surface area contributed by atoms with E-state index in [0.29, 0.717) is 11.3 Å². The number of allylic oxidation sites excluding steroid dienone is 1. The van der Waals surface area contributed by atoms with Crippen molar-refractivity contribution in [3.63, 3.8) is 0 Å². The summed E-state index contributed by atoms with van der Waals surface area (Å²) in [5.74, 6) is -0.557. The van der Waals surface area contributed by atoms with Crippen LogP contribution in [0.25, 0.3) is 37.9 Å². The van der Waals surface area contributed by atoms with Gasteiger partial charge in [-0.15, -0.1) is 11.3 Å². The topological polar surface area (TPSA) is 46.5 Å². The Kier molecular flexibility index (Phi) is 7.27. The lowest BCUT2D eigenvalue weighted by Crippen LogP contribution is -2.17. The number of carboxylic acid groups (broad SMARTS) is 1. The summed E-state index contributed by atoms with van der Waals surface area (Å²) in [6.07, 6.45) is -1.42. The van der Waals surface area contributed by atoms with Crippen LogP contribution in [0.3, 0.4) is 0 Å². The van der Waals surface area contributed by atoms with E-state index >= 15 is 0 Å². The molecule has 0 aliphatic rings. The molecule has 0 saturated carbocycles. The van der Waals surface area contributed by atoms with E-state index in [2.05, 4.69) is 0 Å². The van der Waals surface area contributed by atoms with Crippen molar-refractivity contribution in [1.29, 1.82) is 0 Å². The Morgan fingerprint density at radius 1 is 1.00 bits per heavy atom. The Labute approximate surface area is 213 Å². The van der Waals surface area contributed by atoms with Gasteiger partial charge in [0.25, 0.3) is 6.43 Å². The van der Waals surface area contributed by atoms with Crippen molar-refractivity contribution < 1.29 is 23.4 Å². The largest absolute Gasteiger partial charge is 0.487 e. The minimum absolute atomic E-state index is 0.370. The van der Waals surface area contributed by atoms with Crippen LogP contribution in [0.5, 0.6) is 5.75 Å². The number of rotatable bonds is 7. The molecule has 186 valence electrons. The lowest BCUT2D eigenvalue weighted by molar-refractivity contribution is -0.131. The molecule has 0 saturated heterocycles. The van der Waals surface area contributed by atoms with Crippen LogP contribution in [0.4, 0.5) is 8.78 Å². The number of ether oxygens (including phenoxy) is 1. The molecular formula is C30H28F2O3S. The highest BCUT2D eigenvalue weighted by molar-refractivity contribution is 7.20. The fraction of sp³-hybridized carbons (Fsp3) is 0.233. The van der Waals surface area contributed by atoms with Crippen LogP contribution < -0.4 is 4.74 Å². The van der Waals surface area contributed by atoms with Crippen molar-refractivity contribution in [2.45, 2.75) is 39.5 Å². The summed E-state index contributed by atoms with van der Waals surface area (Å²) in [5, 5.41) is 10.1. The van der Waals surface area contributed by atoms with E-state index in [1.807, 2.05) is 87.5 Å². The monoisotopic (exact) mass is 506 g/mol. The van der Waals surface area contributed by atoms with E-state index in [1.54, 1.807) is 6.92 Å². The van der Waals surface area contributed by atoms with E-state index in [-0.39, 0.29) is 5.41 Å². The average Bonchev–Trinajstić information content (AvgIpc) is 3.26. The Hall–Kier alpha value is -3.51. The maximum absolute atomic E-state index is 13.3. The molecule has 0 aliphatic carbocycles. The predicted octanol–water partition coefficient (Wildman–Crippen LogP) is 8.66. The molecule has 1 heterocycles. The zero-order valence-electron chi connectivity index (χ0n) is 20.6. The van der Waals surface area contributed by atoms with Crippen molar-refractivity contribution in [1.82, 2.24) is 0 Å². The molecule has 0 spiro atoms. The Bertz CT molecular complexity index is 1430. The molecule has 0 bridgehead atoms. The van der Waals surface area contributed by atoms with E-state index in [9.17, 15) is 18.7 Å². The molecule has 36 heavy (non-hydrogen) atoms. The molecule has 4 aromatic rings. The minimum Gasteiger partial charge on any atom is -0.487 e. The van der Waals surface area contributed by atoms with Crippen LogP contribution in [0.15, 0.2) is 72.8 Å². The summed E-state index contributed by atoms with van der Waals surface area (Å²) in [6.45, 7) is 7.19. The molecule has 0 atom stereocenters. The number of fused-ring (bicyclic) bond motifs is 1. The van der Waals surface area contributed by atoms with Gasteiger partial charge < -0.3 is 9.84 Å². The molecule has 3 aromatic carbocycles. The summed E-state index contributed by atoms with van der Waals surface area (Å²) in [4.78, 5) is 12.1. The normalized spacial score (nSPS) is 12.4. The van der Waals surface area contributed by atoms with Gasteiger partial charge in [0.05, 0.1) is 0 Å². The van der Waals surface area contributed by atoms with Crippen molar-refractivity contribution in [3.8, 4) is 28.0 Å². The number of halogens is 2. The highest BCUT2D eigenvalue weighted by Gasteiger charge is 2.26. The molecule has 6 heteroatoms. The summed E-state index contributed by atoms with van der Waals surface area (Å²) in [5.41, 5.74) is 4.69. The molecule has 0 radical (unpaired) electrons. The highest BCUT2D eigenvalue weighted by atomic mass is 32.1. The third-order valence-electron chi connectivity index (χ3n) is 5.94. The van der Waals surface area contributed by atoms with Gasteiger partial charge in [0.2, 0.25) is 0 Å². The summed E-state index contributed by atoms with van der Waals surface area (Å²) in [6, 6.07) is 21.8. The predicted molar refractivity (Wildman–Crippen MR) is 144 cm³/mol. The quantitative estimate of drug-likeness (QED) is 0.255. The number of benzene rings is 3. The standard InChI is InChI=1S/C30H28F2O3S/c1-18(13-28(33)34)26-16-22-21(11-8-12-25(22)36-26)23-14-20(19-9-6-5-7-10-19)15-24(30(2,3)4)29(23)35-17-27(31)32/h5-16,27H,17H2,1-4H3,(H,33,34)/b18-13+. The van der Waals surface area contributed by atoms with E-state index in [4.69, 9.17) is 4.74 Å². The third kappa shape index (κ3) is 5.49. The van der Waals surface area contributed by atoms with Crippen molar-refractivity contribution in [2.75, 3.05) is 6.61 Å². The van der Waals surface area contributed by atoms with Gasteiger partial charge in [-0.2, -0.15) is 0 Å². The van der Waals surface area contributed by atoms with Gasteiger partial charge in [0, 0.05) is 32.2 Å². The Morgan fingerprint density at radius 2 is 1.72 bits per heavy atom. The van der Waals surface area contributed by atoms with Gasteiger partial charge in [-0.1, -0.05) is 63.2 Å². The fourth-order valence-electron chi connectivity index (χ4n) is 4.23. The number of hydrogen-bond donors (Lipinski definition) is 1. The fourth-order valence-corrected chi connectivity index (χ4v) is 5.29. The van der Waals surface area contributed by atoms with Crippen LogP contribution in [0.2, 0.25) is 0 Å². The number of carbonyl (C=O) groups is 1. The summed E-state index contributed by atoms with van der Waals surface area (Å²) in [7, 11) is 0. The second-order valence-electron chi connectivity index (χ2n) is 9.71. The molecule has 0 fully saturated rings. The first-order valence-electron chi connectivity index (χ1n) is 11.6. The van der Waals surface area contributed by atoms with E-state index in [1.165, 1.54) is 17.4 Å². The first kappa shape index (κ1) is 25.6. The molecule has 3 nitrogen and oxygen atoms in total. The van der Waals surface area contributed by atoms with Gasteiger partial charge in [-0.3, -0.25) is 0 Å². The second-order valence-corrected chi connectivity index (χ2v) is 10.8. The lowest BCUT2D eigenvalue weighted by Gasteiger charge is -2.26. The molecule has 4 rings (SSSR count). The molecule has 1 N–H and O–H groups in total. The van der Waals surface area contributed by atoms with Crippen molar-refractivity contribution in [2.24, 2.45) is 0 Å². The van der Waals surface area contributed by atoms with E-state index < -0.39 is 19.0 Å². The third-order valence-corrected chi connectivity index (χ3v) is 7.17. The highest BCUT2D eigenvalue weighted by Crippen LogP contribution is 2.46. The van der Waals surface area contributed by atoms with Crippen LogP contribution in [-0.4, -0.2) is 24.1 Å². The average molecular weight is 507 g/mol. The molecular weight excluding hydrogens is 478 g/mol. The van der Waals surface area contributed by atoms with Crippen LogP contribution >= 0.6 is 11.3 Å². The van der Waals surface area contributed by atoms with E-state index in [0.717, 1.165) is 42.8 Å². The Balaban J connectivity index is 2.02. The van der Waals surface area contributed by atoms with Crippen LogP contribution in [0, 0.1) is 0 Å². The van der Waals surface area contributed by atoms with Crippen molar-refractivity contribution in [3.05, 3.63) is 83.2 Å². The SMILES string of the molecule is C/C(=C\C(=O)O)c1cc2c(-c3cc(-c4ccccc4)cc(C(C)(C)C)c3OCC(F)F)cccc2s1.